The average Bonchev–Trinajstić information content (AvgIpc) is 1.75. The van der Waals surface area contributed by atoms with Crippen LogP contribution in [0.25, 0.3) is 0 Å². The molecule has 1 nitrogen and oxygen atoms in total. The molecular weight excluding hydrogens is 122 g/mol. The minimum atomic E-state index is 0.833. The summed E-state index contributed by atoms with van der Waals surface area (Å²) in [6.45, 7) is 7.07. The maximum absolute atomic E-state index is 3.86. The largest absolute Gasteiger partial charge is 0.314 e. The first-order valence-electron chi connectivity index (χ1n) is 4.17. The molecule has 1 saturated carbocycles. The van der Waals surface area contributed by atoms with Crippen LogP contribution in [0.4, 0.5) is 0 Å². The maximum Gasteiger partial charge on any atom is 0.00672 e. The molecule has 0 aromatic heterocycles. The predicted molar refractivity (Wildman–Crippen MR) is 45.1 cm³/mol. The van der Waals surface area contributed by atoms with Crippen LogP contribution in [0.15, 0.2) is 12.2 Å². The minimum absolute atomic E-state index is 0.833. The lowest BCUT2D eigenvalue weighted by Crippen LogP contribution is -2.35. The van der Waals surface area contributed by atoms with Gasteiger partial charge in [0.15, 0.2) is 0 Å². The second kappa shape index (κ2) is 3.77. The molecule has 0 aromatic carbocycles. The van der Waals surface area contributed by atoms with Gasteiger partial charge in [0.1, 0.15) is 0 Å². The molecule has 1 N–H and O–H groups in total. The van der Waals surface area contributed by atoms with E-state index in [9.17, 15) is 0 Å². The van der Waals surface area contributed by atoms with E-state index in [0.717, 1.165) is 19.0 Å². The van der Waals surface area contributed by atoms with Crippen LogP contribution >= 0.6 is 0 Å². The van der Waals surface area contributed by atoms with Gasteiger partial charge in [-0.2, -0.15) is 0 Å². The summed E-state index contributed by atoms with van der Waals surface area (Å²) in [5.74, 6) is 0. The smallest absolute Gasteiger partial charge is 0.00672 e. The Kier molecular flexibility index (Phi) is 2.94. The Morgan fingerprint density at radius 3 is 2.70 bits per heavy atom. The summed E-state index contributed by atoms with van der Waals surface area (Å²) in [7, 11) is 0. The van der Waals surface area contributed by atoms with Crippen LogP contribution in [-0.4, -0.2) is 12.6 Å². The van der Waals surface area contributed by atoms with Crippen molar-refractivity contribution >= 4 is 0 Å². The molecule has 0 bridgehead atoms. The Labute approximate surface area is 63.5 Å². The van der Waals surface area contributed by atoms with Crippen molar-refractivity contribution in [1.82, 2.24) is 5.32 Å². The van der Waals surface area contributed by atoms with Crippen LogP contribution in [0.5, 0.6) is 0 Å². The topological polar surface area (TPSA) is 12.0 Å². The molecule has 1 fully saturated rings. The van der Waals surface area contributed by atoms with Gasteiger partial charge < -0.3 is 5.32 Å². The molecule has 0 aliphatic heterocycles. The van der Waals surface area contributed by atoms with Gasteiger partial charge in [0, 0.05) is 6.04 Å². The first kappa shape index (κ1) is 7.80. The number of nitrogens with one attached hydrogen (secondary N) is 1. The van der Waals surface area contributed by atoms with Crippen LogP contribution in [0.3, 0.4) is 0 Å². The quantitative estimate of drug-likeness (QED) is 0.588. The molecule has 1 aliphatic carbocycles. The summed E-state index contributed by atoms with van der Waals surface area (Å²) in [6.07, 6.45) is 5.33. The van der Waals surface area contributed by atoms with Crippen molar-refractivity contribution in [3.05, 3.63) is 12.2 Å². The van der Waals surface area contributed by atoms with Gasteiger partial charge in [0.25, 0.3) is 0 Å². The average molecular weight is 139 g/mol. The zero-order valence-electron chi connectivity index (χ0n) is 6.82. The fraction of sp³-hybridized carbons (Fsp3) is 0.778. The van der Waals surface area contributed by atoms with Crippen molar-refractivity contribution in [3.8, 4) is 0 Å². The molecule has 1 aliphatic rings. The van der Waals surface area contributed by atoms with Gasteiger partial charge in [-0.05, 0) is 32.7 Å². The van der Waals surface area contributed by atoms with E-state index in [0.29, 0.717) is 0 Å². The molecule has 0 unspecified atom stereocenters. The summed E-state index contributed by atoms with van der Waals surface area (Å²) in [4.78, 5) is 0. The van der Waals surface area contributed by atoms with Crippen LogP contribution in [0.2, 0.25) is 0 Å². The fourth-order valence-electron chi connectivity index (χ4n) is 1.10. The Bertz CT molecular complexity index is 114. The lowest BCUT2D eigenvalue weighted by molar-refractivity contribution is 0.342. The summed E-state index contributed by atoms with van der Waals surface area (Å²) in [5, 5.41) is 3.49. The summed E-state index contributed by atoms with van der Waals surface area (Å²) in [5.41, 5.74) is 1.28. The highest BCUT2D eigenvalue weighted by atomic mass is 14.9. The number of rotatable bonds is 4. The van der Waals surface area contributed by atoms with Crippen molar-refractivity contribution in [2.75, 3.05) is 6.54 Å². The van der Waals surface area contributed by atoms with Crippen molar-refractivity contribution in [2.45, 2.75) is 38.6 Å². The maximum atomic E-state index is 3.86. The molecule has 0 atom stereocenters. The molecule has 1 rings (SSSR count). The van der Waals surface area contributed by atoms with Gasteiger partial charge in [-0.1, -0.05) is 12.0 Å². The molecule has 0 heterocycles. The van der Waals surface area contributed by atoms with Crippen LogP contribution in [0, 0.1) is 0 Å². The van der Waals surface area contributed by atoms with E-state index in [2.05, 4.69) is 18.8 Å². The summed E-state index contributed by atoms with van der Waals surface area (Å²) < 4.78 is 0. The van der Waals surface area contributed by atoms with E-state index in [1.165, 1.54) is 24.8 Å². The predicted octanol–water partition coefficient (Wildman–Crippen LogP) is 2.09. The Balaban J connectivity index is 1.89. The fourth-order valence-corrected chi connectivity index (χ4v) is 1.10. The van der Waals surface area contributed by atoms with Crippen LogP contribution in [-0.2, 0) is 0 Å². The van der Waals surface area contributed by atoms with E-state index in [4.69, 9.17) is 0 Å². The van der Waals surface area contributed by atoms with Gasteiger partial charge >= 0.3 is 0 Å². The van der Waals surface area contributed by atoms with Crippen LogP contribution in [0.1, 0.15) is 32.6 Å². The Morgan fingerprint density at radius 1 is 1.60 bits per heavy atom. The van der Waals surface area contributed by atoms with E-state index in [1.54, 1.807) is 0 Å². The molecule has 0 spiro atoms. The van der Waals surface area contributed by atoms with Gasteiger partial charge in [0.2, 0.25) is 0 Å². The third kappa shape index (κ3) is 2.53. The summed E-state index contributed by atoms with van der Waals surface area (Å²) in [6, 6.07) is 0.833. The van der Waals surface area contributed by atoms with E-state index >= 15 is 0 Å². The molecule has 0 aromatic rings. The SMILES string of the molecule is C=C(C)CCNC1CCC1. The van der Waals surface area contributed by atoms with Crippen molar-refractivity contribution in [1.29, 1.82) is 0 Å². The van der Waals surface area contributed by atoms with Crippen molar-refractivity contribution in [3.63, 3.8) is 0 Å². The second-order valence-electron chi connectivity index (χ2n) is 3.29. The monoisotopic (exact) mass is 139 g/mol. The number of hydrogen-bond donors (Lipinski definition) is 1. The lowest BCUT2D eigenvalue weighted by atomic mass is 9.93. The summed E-state index contributed by atoms with van der Waals surface area (Å²) >= 11 is 0. The van der Waals surface area contributed by atoms with Gasteiger partial charge in [-0.15, -0.1) is 6.58 Å². The van der Waals surface area contributed by atoms with E-state index in [-0.39, 0.29) is 0 Å². The third-order valence-corrected chi connectivity index (χ3v) is 2.09. The molecule has 0 amide bonds. The molecule has 0 saturated heterocycles. The van der Waals surface area contributed by atoms with Gasteiger partial charge in [-0.3, -0.25) is 0 Å². The zero-order chi connectivity index (χ0) is 7.40. The highest BCUT2D eigenvalue weighted by Gasteiger charge is 2.15. The standard InChI is InChI=1S/C9H17N/c1-8(2)6-7-10-9-4-3-5-9/h9-10H,1,3-7H2,2H3. The molecule has 58 valence electrons. The normalized spacial score (nSPS) is 18.5. The van der Waals surface area contributed by atoms with Crippen LogP contribution < -0.4 is 5.32 Å². The highest BCUT2D eigenvalue weighted by Crippen LogP contribution is 2.17. The van der Waals surface area contributed by atoms with Gasteiger partial charge in [-0.25, -0.2) is 0 Å². The Hall–Kier alpha value is -0.300. The first-order valence-corrected chi connectivity index (χ1v) is 4.17. The first-order chi connectivity index (χ1) is 4.79. The van der Waals surface area contributed by atoms with E-state index < -0.39 is 0 Å². The van der Waals surface area contributed by atoms with Crippen molar-refractivity contribution in [2.24, 2.45) is 0 Å². The van der Waals surface area contributed by atoms with Gasteiger partial charge in [0.05, 0.1) is 0 Å². The zero-order valence-corrected chi connectivity index (χ0v) is 6.82. The second-order valence-corrected chi connectivity index (χ2v) is 3.29. The highest BCUT2D eigenvalue weighted by molar-refractivity contribution is 4.89. The molecule has 10 heavy (non-hydrogen) atoms. The minimum Gasteiger partial charge on any atom is -0.314 e. The lowest BCUT2D eigenvalue weighted by Gasteiger charge is -2.26. The molecule has 1 heteroatoms. The van der Waals surface area contributed by atoms with Crippen molar-refractivity contribution < 1.29 is 0 Å². The molecular formula is C9H17N. The number of hydrogen-bond acceptors (Lipinski definition) is 1. The van der Waals surface area contributed by atoms with E-state index in [1.807, 2.05) is 0 Å². The third-order valence-electron chi connectivity index (χ3n) is 2.09. The molecule has 0 radical (unpaired) electrons. The Morgan fingerprint density at radius 2 is 2.30 bits per heavy atom.